The summed E-state index contributed by atoms with van der Waals surface area (Å²) in [5.41, 5.74) is 5.73. The van der Waals surface area contributed by atoms with Crippen LogP contribution in [-0.4, -0.2) is 34.4 Å². The molecular formula is C19H19N5O4S. The van der Waals surface area contributed by atoms with Gasteiger partial charge >= 0.3 is 0 Å². The number of carbonyl (C=O) groups excluding carboxylic acids is 3. The van der Waals surface area contributed by atoms with E-state index in [4.69, 9.17) is 10.3 Å². The van der Waals surface area contributed by atoms with E-state index in [2.05, 4.69) is 20.8 Å². The topological polar surface area (TPSA) is 140 Å². The zero-order valence-corrected chi connectivity index (χ0v) is 16.2. The molecule has 3 aromatic rings. The van der Waals surface area contributed by atoms with Crippen molar-refractivity contribution < 1.29 is 18.9 Å². The van der Waals surface area contributed by atoms with Gasteiger partial charge in [0.1, 0.15) is 0 Å². The number of hydrogen-bond donors (Lipinski definition) is 3. The minimum atomic E-state index is -0.504. The van der Waals surface area contributed by atoms with Crippen LogP contribution in [0.4, 0.5) is 5.69 Å². The smallest absolute Gasteiger partial charge is 0.253 e. The molecule has 0 spiro atoms. The quantitative estimate of drug-likeness (QED) is 0.490. The number of amides is 3. The van der Waals surface area contributed by atoms with Crippen LogP contribution in [0.3, 0.4) is 0 Å². The SMILES string of the molecule is NC(=O)CCNC(=O)c1ccccc1NC(=O)CCc1nc(-c2cccs2)no1. The fraction of sp³-hybridized carbons (Fsp3) is 0.211. The Kier molecular flexibility index (Phi) is 6.69. The Morgan fingerprint density at radius 3 is 2.69 bits per heavy atom. The number of nitrogens with zero attached hydrogens (tertiary/aromatic N) is 2. The number of hydrogen-bond acceptors (Lipinski definition) is 7. The van der Waals surface area contributed by atoms with Crippen LogP contribution in [0.25, 0.3) is 10.7 Å². The fourth-order valence-electron chi connectivity index (χ4n) is 2.48. The first kappa shape index (κ1) is 20.2. The summed E-state index contributed by atoms with van der Waals surface area (Å²) in [4.78, 5) is 40.5. The van der Waals surface area contributed by atoms with Gasteiger partial charge in [0, 0.05) is 25.8 Å². The second-order valence-corrected chi connectivity index (χ2v) is 7.00. The third-order valence-electron chi connectivity index (χ3n) is 3.88. The van der Waals surface area contributed by atoms with Gasteiger partial charge < -0.3 is 20.9 Å². The third kappa shape index (κ3) is 5.72. The van der Waals surface area contributed by atoms with Crippen LogP contribution in [0.15, 0.2) is 46.3 Å². The van der Waals surface area contributed by atoms with E-state index >= 15 is 0 Å². The number of nitrogens with two attached hydrogens (primary N) is 1. The van der Waals surface area contributed by atoms with Gasteiger partial charge in [-0.25, -0.2) is 0 Å². The van der Waals surface area contributed by atoms with Gasteiger partial charge in [-0.1, -0.05) is 23.4 Å². The number of aromatic nitrogens is 2. The lowest BCUT2D eigenvalue weighted by Crippen LogP contribution is -2.28. The van der Waals surface area contributed by atoms with Gasteiger partial charge in [0.2, 0.25) is 23.5 Å². The van der Waals surface area contributed by atoms with Gasteiger partial charge in [-0.15, -0.1) is 11.3 Å². The molecule has 10 heteroatoms. The highest BCUT2D eigenvalue weighted by Gasteiger charge is 2.15. The van der Waals surface area contributed by atoms with Crippen molar-refractivity contribution in [3.63, 3.8) is 0 Å². The second-order valence-electron chi connectivity index (χ2n) is 6.05. The van der Waals surface area contributed by atoms with E-state index in [1.54, 1.807) is 24.3 Å². The van der Waals surface area contributed by atoms with Crippen molar-refractivity contribution in [2.24, 2.45) is 5.73 Å². The predicted molar refractivity (Wildman–Crippen MR) is 107 cm³/mol. The summed E-state index contributed by atoms with van der Waals surface area (Å²) in [5, 5.41) is 11.1. The van der Waals surface area contributed by atoms with Crippen molar-refractivity contribution in [3.8, 4) is 10.7 Å². The molecule has 0 radical (unpaired) electrons. The molecule has 0 unspecified atom stereocenters. The van der Waals surface area contributed by atoms with Gasteiger partial charge in [-0.2, -0.15) is 4.98 Å². The lowest BCUT2D eigenvalue weighted by Gasteiger charge is -2.11. The van der Waals surface area contributed by atoms with Crippen LogP contribution in [0.5, 0.6) is 0 Å². The first-order valence-corrected chi connectivity index (χ1v) is 9.72. The molecular weight excluding hydrogens is 394 g/mol. The predicted octanol–water partition coefficient (Wildman–Crippen LogP) is 1.97. The molecule has 2 heterocycles. The van der Waals surface area contributed by atoms with Gasteiger partial charge in [0.25, 0.3) is 5.91 Å². The largest absolute Gasteiger partial charge is 0.370 e. The molecule has 0 bridgehead atoms. The zero-order chi connectivity index (χ0) is 20.6. The molecule has 1 aromatic carbocycles. The Balaban J connectivity index is 1.55. The first-order chi connectivity index (χ1) is 14.0. The van der Waals surface area contributed by atoms with Crippen molar-refractivity contribution in [1.29, 1.82) is 0 Å². The van der Waals surface area contributed by atoms with Crippen molar-refractivity contribution >= 4 is 34.7 Å². The van der Waals surface area contributed by atoms with E-state index in [1.165, 1.54) is 11.3 Å². The van der Waals surface area contributed by atoms with Crippen molar-refractivity contribution in [1.82, 2.24) is 15.5 Å². The maximum Gasteiger partial charge on any atom is 0.253 e. The van der Waals surface area contributed by atoms with Gasteiger partial charge in [-0.05, 0) is 23.6 Å². The zero-order valence-electron chi connectivity index (χ0n) is 15.4. The molecule has 0 aliphatic heterocycles. The van der Waals surface area contributed by atoms with E-state index in [1.807, 2.05) is 17.5 Å². The molecule has 2 aromatic heterocycles. The van der Waals surface area contributed by atoms with Crippen LogP contribution >= 0.6 is 11.3 Å². The van der Waals surface area contributed by atoms with Crippen molar-refractivity contribution in [2.45, 2.75) is 19.3 Å². The molecule has 0 saturated carbocycles. The monoisotopic (exact) mass is 413 g/mol. The number of para-hydroxylation sites is 1. The van der Waals surface area contributed by atoms with Crippen molar-refractivity contribution in [2.75, 3.05) is 11.9 Å². The average molecular weight is 413 g/mol. The summed E-state index contributed by atoms with van der Waals surface area (Å²) in [5.74, 6) is -0.345. The van der Waals surface area contributed by atoms with Crippen LogP contribution < -0.4 is 16.4 Å². The van der Waals surface area contributed by atoms with E-state index in [0.717, 1.165) is 4.88 Å². The number of benzene rings is 1. The molecule has 9 nitrogen and oxygen atoms in total. The molecule has 0 aliphatic rings. The lowest BCUT2D eigenvalue weighted by molar-refractivity contribution is -0.118. The Morgan fingerprint density at radius 2 is 1.93 bits per heavy atom. The summed E-state index contributed by atoms with van der Waals surface area (Å²) in [6, 6.07) is 10.4. The molecule has 0 fully saturated rings. The van der Waals surface area contributed by atoms with Gasteiger partial charge in [-0.3, -0.25) is 14.4 Å². The number of anilines is 1. The minimum Gasteiger partial charge on any atom is -0.370 e. The molecule has 150 valence electrons. The number of nitrogens with one attached hydrogen (secondary N) is 2. The normalized spacial score (nSPS) is 10.5. The second kappa shape index (κ2) is 9.60. The van der Waals surface area contributed by atoms with Crippen LogP contribution in [-0.2, 0) is 16.0 Å². The Labute approximate surface area is 170 Å². The van der Waals surface area contributed by atoms with Crippen LogP contribution in [0.2, 0.25) is 0 Å². The highest BCUT2D eigenvalue weighted by atomic mass is 32.1. The molecule has 0 atom stereocenters. The van der Waals surface area contributed by atoms with Gasteiger partial charge in [0.15, 0.2) is 0 Å². The molecule has 0 saturated heterocycles. The molecule has 29 heavy (non-hydrogen) atoms. The Hall–Kier alpha value is -3.53. The summed E-state index contributed by atoms with van der Waals surface area (Å²) in [6.07, 6.45) is 0.429. The average Bonchev–Trinajstić information content (AvgIpc) is 3.38. The summed E-state index contributed by atoms with van der Waals surface area (Å²) < 4.78 is 5.18. The summed E-state index contributed by atoms with van der Waals surface area (Å²) >= 11 is 1.50. The Bertz CT molecular complexity index is 1000. The minimum absolute atomic E-state index is 0.0396. The van der Waals surface area contributed by atoms with E-state index in [0.29, 0.717) is 23.0 Å². The highest BCUT2D eigenvalue weighted by Crippen LogP contribution is 2.21. The number of carbonyl (C=O) groups is 3. The number of rotatable bonds is 9. The summed E-state index contributed by atoms with van der Waals surface area (Å²) in [6.45, 7) is 0.125. The van der Waals surface area contributed by atoms with Crippen molar-refractivity contribution in [3.05, 3.63) is 53.2 Å². The number of aryl methyl sites for hydroxylation is 1. The lowest BCUT2D eigenvalue weighted by atomic mass is 10.1. The highest BCUT2D eigenvalue weighted by molar-refractivity contribution is 7.13. The first-order valence-electron chi connectivity index (χ1n) is 8.85. The molecule has 0 aliphatic carbocycles. The van der Waals surface area contributed by atoms with E-state index in [-0.39, 0.29) is 31.7 Å². The summed E-state index contributed by atoms with van der Waals surface area (Å²) in [7, 11) is 0. The standard InChI is InChI=1S/C19H19N5O4S/c20-15(25)9-10-21-19(27)12-4-1-2-5-13(12)22-16(26)7-8-17-23-18(24-28-17)14-6-3-11-29-14/h1-6,11H,7-10H2,(H2,20,25)(H,21,27)(H,22,26). The molecule has 3 amide bonds. The number of primary amides is 1. The van der Waals surface area contributed by atoms with E-state index < -0.39 is 11.8 Å². The van der Waals surface area contributed by atoms with Gasteiger partial charge in [0.05, 0.1) is 16.1 Å². The maximum absolute atomic E-state index is 12.3. The van der Waals surface area contributed by atoms with Crippen LogP contribution in [0, 0.1) is 0 Å². The molecule has 3 rings (SSSR count). The Morgan fingerprint density at radius 1 is 1.10 bits per heavy atom. The third-order valence-corrected chi connectivity index (χ3v) is 4.74. The fourth-order valence-corrected chi connectivity index (χ4v) is 3.13. The van der Waals surface area contributed by atoms with Crippen LogP contribution in [0.1, 0.15) is 29.1 Å². The maximum atomic E-state index is 12.3. The molecule has 4 N–H and O–H groups in total. The number of thiophene rings is 1. The van der Waals surface area contributed by atoms with E-state index in [9.17, 15) is 14.4 Å².